The second-order valence-corrected chi connectivity index (χ2v) is 3.94. The van der Waals surface area contributed by atoms with Gasteiger partial charge in [0.05, 0.1) is 7.11 Å². The first-order valence-corrected chi connectivity index (χ1v) is 5.17. The molecule has 90 valence electrons. The van der Waals surface area contributed by atoms with Gasteiger partial charge in [0.1, 0.15) is 5.54 Å². The summed E-state index contributed by atoms with van der Waals surface area (Å²) in [6.45, 7) is 2.28. The standard InChI is InChI=1S/C9H17N5O2/c1-14-6-3-9(7-14,8(15)16-2)11-4-5-12-13-10/h11H,3-7H2,1-2H3. The molecular formula is C9H17N5O2. The van der Waals surface area contributed by atoms with Crippen LogP contribution in [0.2, 0.25) is 0 Å². The van der Waals surface area contributed by atoms with Crippen LogP contribution in [0.5, 0.6) is 0 Å². The molecule has 1 atom stereocenters. The minimum atomic E-state index is -0.644. The molecule has 1 rings (SSSR count). The predicted octanol–water partition coefficient (Wildman–Crippen LogP) is 0.134. The third kappa shape index (κ3) is 2.85. The zero-order valence-corrected chi connectivity index (χ0v) is 9.64. The van der Waals surface area contributed by atoms with Crippen LogP contribution >= 0.6 is 0 Å². The first kappa shape index (κ1) is 12.8. The molecule has 1 aliphatic rings. The van der Waals surface area contributed by atoms with Gasteiger partial charge in [0.2, 0.25) is 0 Å². The average molecular weight is 227 g/mol. The summed E-state index contributed by atoms with van der Waals surface area (Å²) in [5.41, 5.74) is 7.51. The number of nitrogens with one attached hydrogen (secondary N) is 1. The van der Waals surface area contributed by atoms with Crippen molar-refractivity contribution in [1.29, 1.82) is 0 Å². The lowest BCUT2D eigenvalue weighted by Gasteiger charge is -2.27. The summed E-state index contributed by atoms with van der Waals surface area (Å²) in [7, 11) is 3.34. The van der Waals surface area contributed by atoms with Crippen molar-refractivity contribution in [3.63, 3.8) is 0 Å². The van der Waals surface area contributed by atoms with Gasteiger partial charge in [-0.15, -0.1) is 0 Å². The van der Waals surface area contributed by atoms with E-state index in [0.29, 0.717) is 26.1 Å². The zero-order valence-electron chi connectivity index (χ0n) is 9.64. The molecule has 1 aliphatic heterocycles. The molecule has 0 bridgehead atoms. The second-order valence-electron chi connectivity index (χ2n) is 3.94. The number of azide groups is 1. The first-order chi connectivity index (χ1) is 7.64. The highest BCUT2D eigenvalue weighted by molar-refractivity contribution is 5.81. The molecule has 7 heteroatoms. The van der Waals surface area contributed by atoms with E-state index >= 15 is 0 Å². The molecule has 0 aromatic carbocycles. The Hall–Kier alpha value is -1.30. The predicted molar refractivity (Wildman–Crippen MR) is 58.9 cm³/mol. The smallest absolute Gasteiger partial charge is 0.327 e. The summed E-state index contributed by atoms with van der Waals surface area (Å²) in [6, 6.07) is 0. The van der Waals surface area contributed by atoms with Crippen LogP contribution in [0, 0.1) is 0 Å². The number of carbonyl (C=O) groups is 1. The Bertz CT molecular complexity index is 302. The maximum atomic E-state index is 11.7. The van der Waals surface area contributed by atoms with Crippen LogP contribution in [0.4, 0.5) is 0 Å². The third-order valence-electron chi connectivity index (χ3n) is 2.77. The molecule has 0 amide bonds. The van der Waals surface area contributed by atoms with E-state index in [0.717, 1.165) is 6.54 Å². The molecule has 0 aromatic heterocycles. The van der Waals surface area contributed by atoms with Gasteiger partial charge in [-0.05, 0) is 19.0 Å². The van der Waals surface area contributed by atoms with Crippen molar-refractivity contribution in [2.75, 3.05) is 40.3 Å². The van der Waals surface area contributed by atoms with Gasteiger partial charge < -0.3 is 15.0 Å². The Morgan fingerprint density at radius 1 is 1.75 bits per heavy atom. The van der Waals surface area contributed by atoms with E-state index in [2.05, 4.69) is 20.2 Å². The largest absolute Gasteiger partial charge is 0.468 e. The molecule has 1 unspecified atom stereocenters. The van der Waals surface area contributed by atoms with Gasteiger partial charge in [0, 0.05) is 31.1 Å². The lowest BCUT2D eigenvalue weighted by atomic mass is 9.99. The summed E-state index contributed by atoms with van der Waals surface area (Å²) in [4.78, 5) is 16.5. The molecule has 1 saturated heterocycles. The van der Waals surface area contributed by atoms with Crippen molar-refractivity contribution in [1.82, 2.24) is 10.2 Å². The monoisotopic (exact) mass is 227 g/mol. The summed E-state index contributed by atoms with van der Waals surface area (Å²) < 4.78 is 4.81. The van der Waals surface area contributed by atoms with Crippen molar-refractivity contribution in [3.8, 4) is 0 Å². The SMILES string of the molecule is COC(=O)C1(NCCN=[N+]=[N-])CCN(C)C1. The lowest BCUT2D eigenvalue weighted by molar-refractivity contribution is -0.148. The molecule has 0 aliphatic carbocycles. The van der Waals surface area contributed by atoms with Crippen LogP contribution in [-0.4, -0.2) is 56.7 Å². The number of hydrogen-bond donors (Lipinski definition) is 1. The summed E-state index contributed by atoms with van der Waals surface area (Å²) >= 11 is 0. The molecule has 16 heavy (non-hydrogen) atoms. The van der Waals surface area contributed by atoms with E-state index in [9.17, 15) is 4.79 Å². The average Bonchev–Trinajstić information content (AvgIpc) is 2.67. The molecule has 1 fully saturated rings. The van der Waals surface area contributed by atoms with Crippen LogP contribution in [0.1, 0.15) is 6.42 Å². The fraction of sp³-hybridized carbons (Fsp3) is 0.889. The highest BCUT2D eigenvalue weighted by Gasteiger charge is 2.43. The summed E-state index contributed by atoms with van der Waals surface area (Å²) in [5.74, 6) is -0.252. The minimum absolute atomic E-state index is 0.252. The Morgan fingerprint density at radius 3 is 3.00 bits per heavy atom. The fourth-order valence-corrected chi connectivity index (χ4v) is 1.97. The number of ether oxygens (including phenoxy) is 1. The van der Waals surface area contributed by atoms with Crippen LogP contribution in [0.15, 0.2) is 5.11 Å². The minimum Gasteiger partial charge on any atom is -0.468 e. The highest BCUT2D eigenvalue weighted by Crippen LogP contribution is 2.21. The quantitative estimate of drug-likeness (QED) is 0.238. The maximum absolute atomic E-state index is 11.7. The van der Waals surface area contributed by atoms with Crippen LogP contribution in [0.3, 0.4) is 0 Å². The number of esters is 1. The van der Waals surface area contributed by atoms with Crippen molar-refractivity contribution in [2.45, 2.75) is 12.0 Å². The van der Waals surface area contributed by atoms with Gasteiger partial charge in [0.15, 0.2) is 0 Å². The number of hydrogen-bond acceptors (Lipinski definition) is 5. The van der Waals surface area contributed by atoms with E-state index < -0.39 is 5.54 Å². The molecule has 0 spiro atoms. The Labute approximate surface area is 94.4 Å². The van der Waals surface area contributed by atoms with Gasteiger partial charge in [-0.3, -0.25) is 4.79 Å². The van der Waals surface area contributed by atoms with Gasteiger partial charge in [-0.2, -0.15) is 0 Å². The zero-order chi connectivity index (χ0) is 12.0. The van der Waals surface area contributed by atoms with Gasteiger partial charge in [0.25, 0.3) is 0 Å². The molecule has 1 N–H and O–H groups in total. The van der Waals surface area contributed by atoms with Crippen molar-refractivity contribution >= 4 is 5.97 Å². The first-order valence-electron chi connectivity index (χ1n) is 5.17. The second kappa shape index (κ2) is 5.69. The number of likely N-dealkylation sites (tertiary alicyclic amines) is 1. The van der Waals surface area contributed by atoms with Gasteiger partial charge >= 0.3 is 5.97 Å². The highest BCUT2D eigenvalue weighted by atomic mass is 16.5. The van der Waals surface area contributed by atoms with Gasteiger partial charge in [-0.1, -0.05) is 5.11 Å². The van der Waals surface area contributed by atoms with Crippen molar-refractivity contribution < 1.29 is 9.53 Å². The van der Waals surface area contributed by atoms with Crippen LogP contribution in [-0.2, 0) is 9.53 Å². The Morgan fingerprint density at radius 2 is 2.50 bits per heavy atom. The normalized spacial score (nSPS) is 25.1. The van der Waals surface area contributed by atoms with Gasteiger partial charge in [-0.25, -0.2) is 0 Å². The number of methoxy groups -OCH3 is 1. The fourth-order valence-electron chi connectivity index (χ4n) is 1.97. The lowest BCUT2D eigenvalue weighted by Crippen LogP contribution is -2.55. The van der Waals surface area contributed by atoms with Crippen LogP contribution in [0.25, 0.3) is 10.4 Å². The van der Waals surface area contributed by atoms with Crippen LogP contribution < -0.4 is 5.32 Å². The molecule has 0 saturated carbocycles. The third-order valence-corrected chi connectivity index (χ3v) is 2.77. The number of rotatable bonds is 5. The van der Waals surface area contributed by atoms with E-state index in [1.54, 1.807) is 0 Å². The molecule has 7 nitrogen and oxygen atoms in total. The number of nitrogens with zero attached hydrogens (tertiary/aromatic N) is 4. The Kier molecular flexibility index (Phi) is 4.54. The topological polar surface area (TPSA) is 90.3 Å². The molecular weight excluding hydrogens is 210 g/mol. The summed E-state index contributed by atoms with van der Waals surface area (Å²) in [5, 5.41) is 6.55. The Balaban J connectivity index is 2.58. The van der Waals surface area contributed by atoms with Crippen molar-refractivity contribution in [3.05, 3.63) is 10.4 Å². The molecule has 0 aromatic rings. The number of likely N-dealkylation sites (N-methyl/N-ethyl adjacent to an activating group) is 1. The molecule has 1 heterocycles. The van der Waals surface area contributed by atoms with Crippen molar-refractivity contribution in [2.24, 2.45) is 5.11 Å². The maximum Gasteiger partial charge on any atom is 0.327 e. The van der Waals surface area contributed by atoms with E-state index in [4.69, 9.17) is 10.3 Å². The van der Waals surface area contributed by atoms with E-state index in [1.165, 1.54) is 7.11 Å². The number of carbonyl (C=O) groups excluding carboxylic acids is 1. The summed E-state index contributed by atoms with van der Waals surface area (Å²) in [6.07, 6.45) is 0.715. The van der Waals surface area contributed by atoms with E-state index in [1.807, 2.05) is 7.05 Å². The van der Waals surface area contributed by atoms with E-state index in [-0.39, 0.29) is 5.97 Å². The molecule has 0 radical (unpaired) electrons.